The second-order valence-corrected chi connectivity index (χ2v) is 20.9. The van der Waals surface area contributed by atoms with Crippen molar-refractivity contribution in [1.82, 2.24) is 0 Å². The summed E-state index contributed by atoms with van der Waals surface area (Å²) in [7, 11) is -5.65. The van der Waals surface area contributed by atoms with Gasteiger partial charge in [0.2, 0.25) is 0 Å². The van der Waals surface area contributed by atoms with Crippen molar-refractivity contribution in [1.29, 1.82) is 0 Å². The van der Waals surface area contributed by atoms with E-state index in [1.54, 1.807) is 0 Å². The molecule has 2 saturated carbocycles. The zero-order valence-electron chi connectivity index (χ0n) is 25.7. The van der Waals surface area contributed by atoms with Gasteiger partial charge >= 0.3 is 0 Å². The van der Waals surface area contributed by atoms with Crippen molar-refractivity contribution in [3.8, 4) is 0 Å². The summed E-state index contributed by atoms with van der Waals surface area (Å²) in [5.74, 6) is 1.58. The summed E-state index contributed by atoms with van der Waals surface area (Å²) in [4.78, 5) is 0. The molecule has 3 nitrogen and oxygen atoms in total. The quantitative estimate of drug-likeness (QED) is 0.178. The van der Waals surface area contributed by atoms with Gasteiger partial charge in [0, 0.05) is 22.9 Å². The second-order valence-electron chi connectivity index (χ2n) is 13.6. The molecule has 43 heavy (non-hydrogen) atoms. The molecule has 5 atom stereocenters. The molecule has 224 valence electrons. The normalized spacial score (nSPS) is 24.4. The predicted octanol–water partition coefficient (Wildman–Crippen LogP) is 6.74. The number of hydrogen-bond acceptors (Lipinski definition) is 3. The van der Waals surface area contributed by atoms with Crippen molar-refractivity contribution in [2.45, 2.75) is 63.3 Å². The molecule has 0 aliphatic heterocycles. The van der Waals surface area contributed by atoms with E-state index in [0.717, 1.165) is 36.5 Å². The SMILES string of the molecule is CC(C)(C)[Si](OC[C@H]1[C@@H]2CCC(P(=O)(c3ccccc3)c3ccccc3)C(O)CC[C@@H]21)(c1ccccc1)c1ccccc1. The van der Waals surface area contributed by atoms with Gasteiger partial charge in [0.05, 0.1) is 6.10 Å². The van der Waals surface area contributed by atoms with Gasteiger partial charge < -0.3 is 14.1 Å². The standard InChI is InChI=1S/C38H45O3PSi/c1-38(2,3)43(31-20-12-6-13-21-31,32-22-14-7-15-23-32)41-28-35-33-24-26-36(39)37(27-25-34(33)35)42(40,29-16-8-4-9-17-29)30-18-10-5-11-19-30/h4-23,33-37,39H,24-28H2,1-3H3/t33-,34+,35+,36?,37?/m0/s1. The number of aliphatic hydroxyl groups is 1. The molecule has 0 saturated heterocycles. The first-order valence-corrected chi connectivity index (χ1v) is 19.6. The first-order chi connectivity index (χ1) is 20.8. The molecule has 2 unspecified atom stereocenters. The highest BCUT2D eigenvalue weighted by Crippen LogP contribution is 2.59. The average molecular weight is 609 g/mol. The van der Waals surface area contributed by atoms with Gasteiger partial charge in [-0.3, -0.25) is 0 Å². The molecule has 2 fully saturated rings. The molecule has 2 aliphatic rings. The Kier molecular flexibility index (Phi) is 8.68. The van der Waals surface area contributed by atoms with Crippen LogP contribution in [0.3, 0.4) is 0 Å². The number of benzene rings is 4. The van der Waals surface area contributed by atoms with E-state index in [-0.39, 0.29) is 10.7 Å². The third kappa shape index (κ3) is 5.64. The zero-order chi connectivity index (χ0) is 30.1. The molecule has 1 N–H and O–H groups in total. The summed E-state index contributed by atoms with van der Waals surface area (Å²) in [6.45, 7) is 7.74. The first-order valence-electron chi connectivity index (χ1n) is 15.9. The highest BCUT2D eigenvalue weighted by Gasteiger charge is 2.56. The van der Waals surface area contributed by atoms with Crippen LogP contribution in [0.2, 0.25) is 5.04 Å². The van der Waals surface area contributed by atoms with Crippen molar-refractivity contribution < 1.29 is 14.1 Å². The van der Waals surface area contributed by atoms with Gasteiger partial charge in [0.15, 0.2) is 0 Å². The van der Waals surface area contributed by atoms with Crippen LogP contribution >= 0.6 is 7.14 Å². The second kappa shape index (κ2) is 12.3. The highest BCUT2D eigenvalue weighted by molar-refractivity contribution is 7.79. The van der Waals surface area contributed by atoms with Crippen LogP contribution in [0.15, 0.2) is 121 Å². The summed E-state index contributed by atoms with van der Waals surface area (Å²) in [5, 5.41) is 15.9. The van der Waals surface area contributed by atoms with Crippen LogP contribution in [0.5, 0.6) is 0 Å². The van der Waals surface area contributed by atoms with E-state index in [4.69, 9.17) is 4.43 Å². The minimum atomic E-state index is -3.05. The Labute approximate surface area is 258 Å². The van der Waals surface area contributed by atoms with Crippen LogP contribution in [0.1, 0.15) is 46.5 Å². The summed E-state index contributed by atoms with van der Waals surface area (Å²) >= 11 is 0. The molecule has 0 radical (unpaired) electrons. The van der Waals surface area contributed by atoms with Gasteiger partial charge in [-0.15, -0.1) is 0 Å². The third-order valence-electron chi connectivity index (χ3n) is 10.2. The van der Waals surface area contributed by atoms with E-state index in [2.05, 4.69) is 81.4 Å². The van der Waals surface area contributed by atoms with Gasteiger partial charge in [-0.25, -0.2) is 0 Å². The average Bonchev–Trinajstić information content (AvgIpc) is 3.70. The molecule has 4 aromatic carbocycles. The Balaban J connectivity index is 1.26. The molecular weight excluding hydrogens is 563 g/mol. The Hall–Kier alpha value is -2.75. The molecule has 4 aromatic rings. The number of hydrogen-bond donors (Lipinski definition) is 1. The van der Waals surface area contributed by atoms with Crippen LogP contribution < -0.4 is 21.0 Å². The van der Waals surface area contributed by atoms with E-state index in [1.807, 2.05) is 60.7 Å². The first kappa shape index (κ1) is 30.3. The smallest absolute Gasteiger partial charge is 0.261 e. The molecular formula is C38H45O3PSi. The van der Waals surface area contributed by atoms with Gasteiger partial charge in [-0.2, -0.15) is 0 Å². The minimum absolute atomic E-state index is 0.0527. The van der Waals surface area contributed by atoms with E-state index in [0.29, 0.717) is 24.2 Å². The topological polar surface area (TPSA) is 46.5 Å². The fourth-order valence-corrected chi connectivity index (χ4v) is 16.0. The maximum Gasteiger partial charge on any atom is 0.261 e. The van der Waals surface area contributed by atoms with E-state index < -0.39 is 21.6 Å². The molecule has 5 heteroatoms. The van der Waals surface area contributed by atoms with E-state index >= 15 is 4.57 Å². The minimum Gasteiger partial charge on any atom is -0.407 e. The number of fused-ring (bicyclic) bond motifs is 1. The van der Waals surface area contributed by atoms with Crippen LogP contribution in [0, 0.1) is 17.8 Å². The van der Waals surface area contributed by atoms with Gasteiger partial charge in [-0.05, 0) is 58.8 Å². The largest absolute Gasteiger partial charge is 0.407 e. The maximum absolute atomic E-state index is 15.2. The Morgan fingerprint density at radius 2 is 1.09 bits per heavy atom. The van der Waals surface area contributed by atoms with Crippen molar-refractivity contribution >= 4 is 36.4 Å². The third-order valence-corrected chi connectivity index (χ3v) is 18.9. The Morgan fingerprint density at radius 3 is 1.53 bits per heavy atom. The monoisotopic (exact) mass is 608 g/mol. The zero-order valence-corrected chi connectivity index (χ0v) is 27.6. The van der Waals surface area contributed by atoms with Gasteiger partial charge in [0.1, 0.15) is 7.14 Å². The number of rotatable bonds is 8. The summed E-state index contributed by atoms with van der Waals surface area (Å²) in [5.41, 5.74) is -0.280. The fourth-order valence-electron chi connectivity index (χ4n) is 7.98. The molecule has 0 aromatic heterocycles. The van der Waals surface area contributed by atoms with Gasteiger partial charge in [-0.1, -0.05) is 142 Å². The van der Waals surface area contributed by atoms with Crippen molar-refractivity contribution in [2.75, 3.05) is 6.61 Å². The number of aliphatic hydroxyl groups excluding tert-OH is 1. The van der Waals surface area contributed by atoms with Crippen molar-refractivity contribution in [3.05, 3.63) is 121 Å². The molecule has 2 aliphatic carbocycles. The lowest BCUT2D eigenvalue weighted by atomic mass is 9.98. The fraction of sp³-hybridized carbons (Fsp3) is 0.368. The Morgan fingerprint density at radius 1 is 0.674 bits per heavy atom. The summed E-state index contributed by atoms with van der Waals surface area (Å²) in [6.07, 6.45) is 2.79. The van der Waals surface area contributed by atoms with Crippen LogP contribution in [-0.4, -0.2) is 31.8 Å². The van der Waals surface area contributed by atoms with Gasteiger partial charge in [0.25, 0.3) is 8.32 Å². The van der Waals surface area contributed by atoms with E-state index in [9.17, 15) is 5.11 Å². The molecule has 0 heterocycles. The molecule has 0 spiro atoms. The van der Waals surface area contributed by atoms with Crippen LogP contribution in [0.25, 0.3) is 0 Å². The molecule has 0 amide bonds. The lowest BCUT2D eigenvalue weighted by Gasteiger charge is -2.43. The predicted molar refractivity (Wildman–Crippen MR) is 182 cm³/mol. The molecule has 0 bridgehead atoms. The maximum atomic E-state index is 15.2. The summed E-state index contributed by atoms with van der Waals surface area (Å²) < 4.78 is 22.5. The van der Waals surface area contributed by atoms with E-state index in [1.165, 1.54) is 10.4 Å². The van der Waals surface area contributed by atoms with Crippen molar-refractivity contribution in [2.24, 2.45) is 17.8 Å². The van der Waals surface area contributed by atoms with Crippen LogP contribution in [0.4, 0.5) is 0 Å². The Bertz CT molecular complexity index is 1440. The van der Waals surface area contributed by atoms with Crippen LogP contribution in [-0.2, 0) is 8.99 Å². The van der Waals surface area contributed by atoms with Crippen molar-refractivity contribution in [3.63, 3.8) is 0 Å². The highest BCUT2D eigenvalue weighted by atomic mass is 31.2. The lowest BCUT2D eigenvalue weighted by molar-refractivity contribution is 0.143. The lowest BCUT2D eigenvalue weighted by Crippen LogP contribution is -2.66. The summed E-state index contributed by atoms with van der Waals surface area (Å²) in [6, 6.07) is 41.5. The molecule has 6 rings (SSSR count).